The zero-order valence-corrected chi connectivity index (χ0v) is 13.5. The van der Waals surface area contributed by atoms with Gasteiger partial charge in [-0.1, -0.05) is 30.8 Å². The van der Waals surface area contributed by atoms with E-state index in [1.165, 1.54) is 0 Å². The lowest BCUT2D eigenvalue weighted by molar-refractivity contribution is 0.323. The zero-order valence-electron chi connectivity index (χ0n) is 13.5. The average molecular weight is 326 g/mol. The van der Waals surface area contributed by atoms with Gasteiger partial charge in [-0.15, -0.1) is 0 Å². The van der Waals surface area contributed by atoms with Crippen molar-refractivity contribution >= 4 is 11.6 Å². The van der Waals surface area contributed by atoms with Crippen LogP contribution < -0.4 is 5.32 Å². The van der Waals surface area contributed by atoms with Crippen molar-refractivity contribution in [2.24, 2.45) is 0 Å². The van der Waals surface area contributed by atoms with Gasteiger partial charge in [-0.25, -0.2) is 0 Å². The Bertz CT molecular complexity index is 679. The molecule has 126 valence electrons. The molecular weight excluding hydrogens is 304 g/mol. The van der Waals surface area contributed by atoms with Crippen LogP contribution in [-0.4, -0.2) is 22.8 Å². The largest absolute Gasteiger partial charge is 0.513 e. The Hall–Kier alpha value is -2.95. The molecule has 0 unspecified atom stereocenters. The van der Waals surface area contributed by atoms with Gasteiger partial charge < -0.3 is 20.3 Å². The van der Waals surface area contributed by atoms with Gasteiger partial charge in [0, 0.05) is 18.5 Å². The molecule has 0 saturated carbocycles. The smallest absolute Gasteiger partial charge is 0.187 e. The molecular formula is C19H22N2O3. The van der Waals surface area contributed by atoms with Gasteiger partial charge >= 0.3 is 0 Å². The van der Waals surface area contributed by atoms with E-state index in [2.05, 4.69) is 11.9 Å². The van der Waals surface area contributed by atoms with Gasteiger partial charge in [-0.2, -0.15) is 0 Å². The minimum Gasteiger partial charge on any atom is -0.513 e. The van der Waals surface area contributed by atoms with E-state index >= 15 is 0 Å². The predicted octanol–water partition coefficient (Wildman–Crippen LogP) is 4.00. The highest BCUT2D eigenvalue weighted by Crippen LogP contribution is 2.13. The molecule has 0 heterocycles. The molecule has 0 spiro atoms. The van der Waals surface area contributed by atoms with Gasteiger partial charge in [0.15, 0.2) is 12.6 Å². The number of hydrogen-bond donors (Lipinski definition) is 4. The van der Waals surface area contributed by atoms with Gasteiger partial charge in [0.2, 0.25) is 0 Å². The minimum atomic E-state index is 0.159. The number of rotatable bonds is 8. The molecule has 0 radical (unpaired) electrons. The summed E-state index contributed by atoms with van der Waals surface area (Å²) < 4.78 is 5.35. The summed E-state index contributed by atoms with van der Waals surface area (Å²) >= 11 is 0. The fourth-order valence-electron chi connectivity index (χ4n) is 2.13. The highest BCUT2D eigenvalue weighted by Gasteiger charge is 2.01. The van der Waals surface area contributed by atoms with E-state index in [0.717, 1.165) is 23.2 Å². The molecule has 4 N–H and O–H groups in total. The minimum absolute atomic E-state index is 0.159. The number of nitrogens with one attached hydrogen (secondary N) is 2. The molecule has 5 heteroatoms. The van der Waals surface area contributed by atoms with Gasteiger partial charge in [0.25, 0.3) is 0 Å². The van der Waals surface area contributed by atoms with Crippen molar-refractivity contribution in [1.29, 1.82) is 5.41 Å². The Morgan fingerprint density at radius 1 is 1.04 bits per heavy atom. The van der Waals surface area contributed by atoms with Crippen LogP contribution in [0.1, 0.15) is 17.5 Å². The molecule has 0 aliphatic heterocycles. The summed E-state index contributed by atoms with van der Waals surface area (Å²) in [6.45, 7) is 3.69. The van der Waals surface area contributed by atoms with Crippen molar-refractivity contribution in [2.45, 2.75) is 19.3 Å². The van der Waals surface area contributed by atoms with E-state index in [4.69, 9.17) is 15.3 Å². The summed E-state index contributed by atoms with van der Waals surface area (Å²) in [5.74, 6) is 0.559. The van der Waals surface area contributed by atoms with E-state index < -0.39 is 0 Å². The number of aliphatic hydroxyl groups excluding tert-OH is 1. The van der Waals surface area contributed by atoms with Crippen LogP contribution in [0.15, 0.2) is 60.9 Å². The summed E-state index contributed by atoms with van der Waals surface area (Å²) in [6, 6.07) is 14.5. The number of aryl methyl sites for hydroxylation is 1. The first-order chi connectivity index (χ1) is 11.5. The summed E-state index contributed by atoms with van der Waals surface area (Å²) in [5.41, 5.74) is 2.93. The van der Waals surface area contributed by atoms with E-state index in [-0.39, 0.29) is 24.1 Å². The molecule has 0 amide bonds. The molecule has 0 aliphatic carbocycles. The summed E-state index contributed by atoms with van der Waals surface area (Å²) in [7, 11) is 0. The van der Waals surface area contributed by atoms with Crippen molar-refractivity contribution in [3.8, 4) is 5.75 Å². The lowest BCUT2D eigenvalue weighted by Gasteiger charge is -2.10. The van der Waals surface area contributed by atoms with Gasteiger partial charge in [-0.3, -0.25) is 5.41 Å². The Balaban J connectivity index is 1.72. The molecule has 0 saturated heterocycles. The van der Waals surface area contributed by atoms with E-state index in [0.29, 0.717) is 12.8 Å². The highest BCUT2D eigenvalue weighted by atomic mass is 16.5. The lowest BCUT2D eigenvalue weighted by Crippen LogP contribution is -2.13. The van der Waals surface area contributed by atoms with Crippen LogP contribution in [0.2, 0.25) is 0 Å². The predicted molar refractivity (Wildman–Crippen MR) is 95.6 cm³/mol. The van der Waals surface area contributed by atoms with Crippen LogP contribution in [0.25, 0.3) is 0 Å². The number of allylic oxidation sites excluding steroid dienone is 1. The monoisotopic (exact) mass is 326 g/mol. The molecule has 5 nitrogen and oxygen atoms in total. The van der Waals surface area contributed by atoms with Crippen LogP contribution in [0, 0.1) is 5.41 Å². The second kappa shape index (κ2) is 8.62. The van der Waals surface area contributed by atoms with Crippen molar-refractivity contribution < 1.29 is 14.9 Å². The molecule has 0 aromatic heterocycles. The molecule has 2 aromatic rings. The third-order valence-corrected chi connectivity index (χ3v) is 3.48. The number of phenolic OH excluding ortho intramolecular Hbond substituents is 1. The third-order valence-electron chi connectivity index (χ3n) is 3.48. The Morgan fingerprint density at radius 2 is 1.67 bits per heavy atom. The topological polar surface area (TPSA) is 85.6 Å². The van der Waals surface area contributed by atoms with E-state index in [1.807, 2.05) is 24.3 Å². The Kier molecular flexibility index (Phi) is 6.25. The fourth-order valence-corrected chi connectivity index (χ4v) is 2.13. The summed E-state index contributed by atoms with van der Waals surface area (Å²) in [5, 5.41) is 29.2. The van der Waals surface area contributed by atoms with Crippen molar-refractivity contribution in [3.63, 3.8) is 0 Å². The number of ether oxygens (including phenoxy) is 1. The maximum absolute atomic E-state index is 9.23. The van der Waals surface area contributed by atoms with Crippen molar-refractivity contribution in [3.05, 3.63) is 72.0 Å². The first-order valence-corrected chi connectivity index (χ1v) is 7.70. The lowest BCUT2D eigenvalue weighted by atomic mass is 10.1. The molecule has 0 bridgehead atoms. The van der Waals surface area contributed by atoms with Gasteiger partial charge in [0.05, 0.1) is 5.76 Å². The fraction of sp³-hybridized carbons (Fsp3) is 0.211. The molecule has 24 heavy (non-hydrogen) atoms. The van der Waals surface area contributed by atoms with Crippen LogP contribution in [0.5, 0.6) is 5.75 Å². The summed E-state index contributed by atoms with van der Waals surface area (Å²) in [4.78, 5) is 0. The quantitative estimate of drug-likeness (QED) is 0.256. The van der Waals surface area contributed by atoms with Crippen LogP contribution in [-0.2, 0) is 17.6 Å². The third kappa shape index (κ3) is 6.04. The van der Waals surface area contributed by atoms with Crippen molar-refractivity contribution in [1.82, 2.24) is 0 Å². The molecule has 0 aliphatic rings. The number of aliphatic hydroxyl groups is 1. The first kappa shape index (κ1) is 17.4. The Morgan fingerprint density at radius 3 is 2.29 bits per heavy atom. The molecule has 2 rings (SSSR count). The summed E-state index contributed by atoms with van der Waals surface area (Å²) in [6.07, 6.45) is 1.69. The maximum atomic E-state index is 9.23. The molecule has 2 aromatic carbocycles. The highest BCUT2D eigenvalue weighted by molar-refractivity contribution is 5.75. The second-order valence-corrected chi connectivity index (χ2v) is 5.50. The van der Waals surface area contributed by atoms with Gasteiger partial charge in [-0.05, 0) is 41.8 Å². The van der Waals surface area contributed by atoms with Crippen LogP contribution in [0.3, 0.4) is 0 Å². The standard InChI is InChI=1S/C19H22N2O3/c1-14(22)2-3-15-4-8-17(9-5-15)21-13-24-19(20)12-16-6-10-18(23)11-7-16/h4-11,20-23H,1-3,12-13H2. The SMILES string of the molecule is C=C(O)CCc1ccc(NCOC(=N)Cc2ccc(O)cc2)cc1. The van der Waals surface area contributed by atoms with E-state index in [9.17, 15) is 5.11 Å². The number of phenols is 1. The molecule has 0 atom stereocenters. The molecule has 0 fully saturated rings. The van der Waals surface area contributed by atoms with Gasteiger partial charge in [0.1, 0.15) is 5.75 Å². The van der Waals surface area contributed by atoms with Crippen LogP contribution >= 0.6 is 0 Å². The number of hydrogen-bond acceptors (Lipinski definition) is 5. The first-order valence-electron chi connectivity index (χ1n) is 7.70. The number of anilines is 1. The number of benzene rings is 2. The maximum Gasteiger partial charge on any atom is 0.187 e. The van der Waals surface area contributed by atoms with E-state index in [1.54, 1.807) is 24.3 Å². The second-order valence-electron chi connectivity index (χ2n) is 5.50. The Labute approximate surface area is 141 Å². The zero-order chi connectivity index (χ0) is 17.4. The van der Waals surface area contributed by atoms with Crippen LogP contribution in [0.4, 0.5) is 5.69 Å². The number of aromatic hydroxyl groups is 1. The normalized spacial score (nSPS) is 10.2. The average Bonchev–Trinajstić information content (AvgIpc) is 2.56. The van der Waals surface area contributed by atoms with Crippen molar-refractivity contribution in [2.75, 3.05) is 12.0 Å².